The van der Waals surface area contributed by atoms with Crippen LogP contribution in [-0.4, -0.2) is 27.5 Å². The van der Waals surface area contributed by atoms with Crippen molar-refractivity contribution in [2.24, 2.45) is 0 Å². The molecule has 0 radical (unpaired) electrons. The summed E-state index contributed by atoms with van der Waals surface area (Å²) in [6.45, 7) is 1.83. The van der Waals surface area contributed by atoms with Crippen LogP contribution in [0.4, 0.5) is 0 Å². The van der Waals surface area contributed by atoms with Crippen LogP contribution < -0.4 is 0 Å². The predicted molar refractivity (Wildman–Crippen MR) is 63.3 cm³/mol. The number of aldehydes is 1. The molecule has 2 rings (SSSR count). The zero-order valence-corrected chi connectivity index (χ0v) is 9.86. The van der Waals surface area contributed by atoms with Gasteiger partial charge in [-0.15, -0.1) is 16.9 Å². The highest BCUT2D eigenvalue weighted by Gasteiger charge is 2.08. The third kappa shape index (κ3) is 1.86. The molecule has 0 aliphatic heterocycles. The molecule has 0 spiro atoms. The lowest BCUT2D eigenvalue weighted by molar-refractivity contribution is 0.111. The van der Waals surface area contributed by atoms with Crippen LogP contribution in [0.25, 0.3) is 5.69 Å². The third-order valence-corrected chi connectivity index (χ3v) is 3.07. The van der Waals surface area contributed by atoms with Gasteiger partial charge < -0.3 is 0 Å². The monoisotopic (exact) mass is 233 g/mol. The Labute approximate surface area is 97.7 Å². The maximum atomic E-state index is 10.7. The van der Waals surface area contributed by atoms with E-state index in [4.69, 9.17) is 0 Å². The predicted octanol–water partition coefficient (Wildman–Crippen LogP) is 2.11. The van der Waals surface area contributed by atoms with E-state index in [9.17, 15) is 4.79 Å². The Balaban J connectivity index is 2.49. The topological polar surface area (TPSA) is 47.8 Å². The van der Waals surface area contributed by atoms with Crippen molar-refractivity contribution in [1.29, 1.82) is 0 Å². The summed E-state index contributed by atoms with van der Waals surface area (Å²) in [5.41, 5.74) is 2.06. The minimum absolute atomic E-state index is 0.384. The lowest BCUT2D eigenvalue weighted by Gasteiger charge is -2.04. The van der Waals surface area contributed by atoms with Crippen LogP contribution in [0.3, 0.4) is 0 Å². The highest BCUT2D eigenvalue weighted by Crippen LogP contribution is 2.19. The quantitative estimate of drug-likeness (QED) is 0.601. The van der Waals surface area contributed by atoms with Crippen molar-refractivity contribution in [3.05, 3.63) is 35.7 Å². The molecule has 0 saturated carbocycles. The Bertz CT molecular complexity index is 522. The van der Waals surface area contributed by atoms with E-state index in [0.29, 0.717) is 5.69 Å². The van der Waals surface area contributed by atoms with Crippen LogP contribution in [0.1, 0.15) is 16.2 Å². The van der Waals surface area contributed by atoms with Crippen LogP contribution >= 0.6 is 11.8 Å². The molecule has 2 aromatic rings. The summed E-state index contributed by atoms with van der Waals surface area (Å²) in [5.74, 6) is 0. The fourth-order valence-electron chi connectivity index (χ4n) is 1.44. The molecule has 0 atom stereocenters. The molecule has 4 nitrogen and oxygen atoms in total. The fraction of sp³-hybridized carbons (Fsp3) is 0.182. The van der Waals surface area contributed by atoms with Gasteiger partial charge >= 0.3 is 0 Å². The number of hydrogen-bond acceptors (Lipinski definition) is 4. The van der Waals surface area contributed by atoms with E-state index >= 15 is 0 Å². The van der Waals surface area contributed by atoms with Gasteiger partial charge in [-0.2, -0.15) is 0 Å². The van der Waals surface area contributed by atoms with E-state index in [0.717, 1.165) is 22.6 Å². The number of nitrogens with zero attached hydrogens (tertiary/aromatic N) is 3. The number of rotatable bonds is 3. The second-order valence-electron chi connectivity index (χ2n) is 3.29. The van der Waals surface area contributed by atoms with Gasteiger partial charge in [0, 0.05) is 4.90 Å². The van der Waals surface area contributed by atoms with Gasteiger partial charge in [-0.25, -0.2) is 4.68 Å². The Morgan fingerprint density at radius 3 is 2.88 bits per heavy atom. The molecule has 0 aliphatic rings. The average molecular weight is 233 g/mol. The number of aromatic nitrogens is 3. The number of benzene rings is 1. The van der Waals surface area contributed by atoms with Crippen molar-refractivity contribution in [3.63, 3.8) is 0 Å². The van der Waals surface area contributed by atoms with E-state index in [1.54, 1.807) is 16.4 Å². The SMILES string of the molecule is CSc1cccc(-n2nnc(C=O)c2C)c1. The van der Waals surface area contributed by atoms with E-state index in [1.165, 1.54) is 0 Å². The molecule has 5 heteroatoms. The van der Waals surface area contributed by atoms with Crippen molar-refractivity contribution in [2.75, 3.05) is 6.26 Å². The molecule has 1 heterocycles. The number of carbonyl (C=O) groups is 1. The van der Waals surface area contributed by atoms with E-state index in [1.807, 2.05) is 37.4 Å². The summed E-state index contributed by atoms with van der Waals surface area (Å²) in [6.07, 6.45) is 2.74. The lowest BCUT2D eigenvalue weighted by atomic mass is 10.3. The fourth-order valence-corrected chi connectivity index (χ4v) is 1.89. The molecule has 82 valence electrons. The third-order valence-electron chi connectivity index (χ3n) is 2.34. The molecular formula is C11H11N3OS. The molecule has 0 fully saturated rings. The molecule has 1 aromatic carbocycles. The first kappa shape index (κ1) is 10.9. The first-order valence-corrected chi connectivity index (χ1v) is 6.00. The lowest BCUT2D eigenvalue weighted by Crippen LogP contribution is -1.99. The zero-order chi connectivity index (χ0) is 11.5. The molecule has 0 bridgehead atoms. The molecule has 0 amide bonds. The first-order chi connectivity index (χ1) is 7.76. The largest absolute Gasteiger partial charge is 0.296 e. The first-order valence-electron chi connectivity index (χ1n) is 4.78. The molecule has 0 unspecified atom stereocenters. The summed E-state index contributed by atoms with van der Waals surface area (Å²) in [6, 6.07) is 7.95. The highest BCUT2D eigenvalue weighted by molar-refractivity contribution is 7.98. The van der Waals surface area contributed by atoms with E-state index in [2.05, 4.69) is 10.3 Å². The molecule has 0 aliphatic carbocycles. The van der Waals surface area contributed by atoms with Gasteiger partial charge in [-0.05, 0) is 31.4 Å². The summed E-state index contributed by atoms with van der Waals surface area (Å²) in [7, 11) is 0. The van der Waals surface area contributed by atoms with Crippen LogP contribution in [0, 0.1) is 6.92 Å². The maximum Gasteiger partial charge on any atom is 0.172 e. The van der Waals surface area contributed by atoms with Gasteiger partial charge in [0.1, 0.15) is 5.69 Å². The Morgan fingerprint density at radius 1 is 1.44 bits per heavy atom. The van der Waals surface area contributed by atoms with Crippen molar-refractivity contribution in [1.82, 2.24) is 15.0 Å². The minimum atomic E-state index is 0.384. The van der Waals surface area contributed by atoms with Gasteiger partial charge in [0.2, 0.25) is 0 Å². The number of hydrogen-bond donors (Lipinski definition) is 0. The molecule has 0 N–H and O–H groups in total. The number of thioether (sulfide) groups is 1. The summed E-state index contributed by atoms with van der Waals surface area (Å²) in [4.78, 5) is 11.8. The van der Waals surface area contributed by atoms with Crippen LogP contribution in [0.5, 0.6) is 0 Å². The second kappa shape index (κ2) is 4.49. The zero-order valence-electron chi connectivity index (χ0n) is 9.04. The molecular weight excluding hydrogens is 222 g/mol. The minimum Gasteiger partial charge on any atom is -0.296 e. The summed E-state index contributed by atoms with van der Waals surface area (Å²) >= 11 is 1.66. The molecule has 16 heavy (non-hydrogen) atoms. The second-order valence-corrected chi connectivity index (χ2v) is 4.17. The Morgan fingerprint density at radius 2 is 2.25 bits per heavy atom. The Kier molecular flexibility index (Phi) is 3.05. The smallest absolute Gasteiger partial charge is 0.172 e. The van der Waals surface area contributed by atoms with Gasteiger partial charge in [0.15, 0.2) is 6.29 Å². The molecule has 0 saturated heterocycles. The summed E-state index contributed by atoms with van der Waals surface area (Å²) in [5, 5.41) is 7.76. The van der Waals surface area contributed by atoms with Crippen LogP contribution in [0.2, 0.25) is 0 Å². The van der Waals surface area contributed by atoms with Crippen molar-refractivity contribution in [3.8, 4) is 5.69 Å². The van der Waals surface area contributed by atoms with Gasteiger partial charge in [0.25, 0.3) is 0 Å². The Hall–Kier alpha value is -1.62. The van der Waals surface area contributed by atoms with Gasteiger partial charge in [0.05, 0.1) is 11.4 Å². The van der Waals surface area contributed by atoms with Gasteiger partial charge in [-0.1, -0.05) is 11.3 Å². The van der Waals surface area contributed by atoms with E-state index < -0.39 is 0 Å². The maximum absolute atomic E-state index is 10.7. The van der Waals surface area contributed by atoms with Crippen molar-refractivity contribution < 1.29 is 4.79 Å². The number of carbonyl (C=O) groups excluding carboxylic acids is 1. The average Bonchev–Trinajstić information content (AvgIpc) is 2.70. The standard InChI is InChI=1S/C11H11N3OS/c1-8-11(7-15)12-13-14(8)9-4-3-5-10(6-9)16-2/h3-7H,1-2H3. The van der Waals surface area contributed by atoms with Crippen LogP contribution in [0.15, 0.2) is 29.2 Å². The summed E-state index contributed by atoms with van der Waals surface area (Å²) < 4.78 is 1.67. The highest BCUT2D eigenvalue weighted by atomic mass is 32.2. The normalized spacial score (nSPS) is 10.4. The van der Waals surface area contributed by atoms with Gasteiger partial charge in [-0.3, -0.25) is 4.79 Å². The van der Waals surface area contributed by atoms with E-state index in [-0.39, 0.29) is 0 Å². The van der Waals surface area contributed by atoms with Crippen molar-refractivity contribution in [2.45, 2.75) is 11.8 Å². The molecule has 1 aromatic heterocycles. The van der Waals surface area contributed by atoms with Crippen LogP contribution in [-0.2, 0) is 0 Å². The van der Waals surface area contributed by atoms with Crippen molar-refractivity contribution >= 4 is 18.0 Å².